The molecule has 0 heterocycles. The summed E-state index contributed by atoms with van der Waals surface area (Å²) in [7, 11) is 0. The first kappa shape index (κ1) is 21.0. The molecular weight excluding hydrogens is 336 g/mol. The van der Waals surface area contributed by atoms with Crippen LogP contribution in [0.25, 0.3) is 0 Å². The van der Waals surface area contributed by atoms with Crippen LogP contribution in [0.1, 0.15) is 50.2 Å². The van der Waals surface area contributed by atoms with Gasteiger partial charge in [0.05, 0.1) is 0 Å². The Hall–Kier alpha value is -2.33. The minimum atomic E-state index is -0.155. The van der Waals surface area contributed by atoms with Gasteiger partial charge in [-0.3, -0.25) is 4.79 Å². The van der Waals surface area contributed by atoms with Gasteiger partial charge >= 0.3 is 0 Å². The topological polar surface area (TPSA) is 50.4 Å². The number of hydrogen-bond acceptors (Lipinski definition) is 3. The van der Waals surface area contributed by atoms with Gasteiger partial charge in [0.1, 0.15) is 5.75 Å². The number of unbranched alkanes of at least 4 members (excludes halogenated alkanes) is 4. The van der Waals surface area contributed by atoms with E-state index in [0.717, 1.165) is 35.7 Å². The van der Waals surface area contributed by atoms with Crippen molar-refractivity contribution in [2.75, 3.05) is 18.5 Å². The van der Waals surface area contributed by atoms with Gasteiger partial charge in [0.2, 0.25) is 0 Å². The third-order valence-electron chi connectivity index (χ3n) is 4.44. The lowest BCUT2D eigenvalue weighted by molar-refractivity contribution is -0.118. The van der Waals surface area contributed by atoms with E-state index in [-0.39, 0.29) is 12.5 Å². The van der Waals surface area contributed by atoms with Gasteiger partial charge in [-0.25, -0.2) is 0 Å². The Morgan fingerprint density at radius 2 is 1.70 bits per heavy atom. The second-order valence-electron chi connectivity index (χ2n) is 6.90. The summed E-state index contributed by atoms with van der Waals surface area (Å²) in [6.07, 6.45) is 6.38. The van der Waals surface area contributed by atoms with Crippen LogP contribution >= 0.6 is 0 Å². The monoisotopic (exact) mass is 368 g/mol. The minimum Gasteiger partial charge on any atom is -0.483 e. The van der Waals surface area contributed by atoms with Gasteiger partial charge in [-0.2, -0.15) is 0 Å². The molecule has 2 aromatic rings. The number of carbonyl (C=O) groups excluding carboxylic acids is 1. The molecular formula is C23H32N2O2. The SMILES string of the molecule is CCCCCCCNCc1ccccc1OCC(=O)Nc1ccc(C)cc1. The van der Waals surface area contributed by atoms with Crippen molar-refractivity contribution in [2.45, 2.75) is 52.5 Å². The average Bonchev–Trinajstić information content (AvgIpc) is 2.68. The first-order valence-corrected chi connectivity index (χ1v) is 9.97. The number of ether oxygens (including phenoxy) is 1. The van der Waals surface area contributed by atoms with Crippen molar-refractivity contribution in [2.24, 2.45) is 0 Å². The van der Waals surface area contributed by atoms with Gasteiger partial charge in [0.15, 0.2) is 6.61 Å². The molecule has 146 valence electrons. The molecule has 27 heavy (non-hydrogen) atoms. The number of para-hydroxylation sites is 1. The maximum absolute atomic E-state index is 12.1. The fourth-order valence-electron chi connectivity index (χ4n) is 2.84. The molecule has 0 aromatic heterocycles. The first-order valence-electron chi connectivity index (χ1n) is 9.97. The number of carbonyl (C=O) groups is 1. The lowest BCUT2D eigenvalue weighted by Crippen LogP contribution is -2.21. The van der Waals surface area contributed by atoms with Crippen LogP contribution in [0.3, 0.4) is 0 Å². The summed E-state index contributed by atoms with van der Waals surface area (Å²) in [6.45, 7) is 6.01. The predicted molar refractivity (Wildman–Crippen MR) is 112 cm³/mol. The first-order chi connectivity index (χ1) is 13.2. The third kappa shape index (κ3) is 8.27. The lowest BCUT2D eigenvalue weighted by Gasteiger charge is -2.12. The Bertz CT molecular complexity index is 683. The van der Waals surface area contributed by atoms with E-state index in [1.54, 1.807) is 0 Å². The Balaban J connectivity index is 1.74. The molecule has 0 radical (unpaired) electrons. The zero-order valence-electron chi connectivity index (χ0n) is 16.6. The highest BCUT2D eigenvalue weighted by molar-refractivity contribution is 5.91. The van der Waals surface area contributed by atoms with Crippen molar-refractivity contribution in [1.29, 1.82) is 0 Å². The molecule has 0 aliphatic rings. The standard InChI is InChI=1S/C23H32N2O2/c1-3-4-5-6-9-16-24-17-20-10-7-8-11-22(20)27-18-23(26)25-21-14-12-19(2)13-15-21/h7-8,10-15,24H,3-6,9,16-18H2,1-2H3,(H,25,26). The summed E-state index contributed by atoms with van der Waals surface area (Å²) in [4.78, 5) is 12.1. The van der Waals surface area contributed by atoms with Crippen LogP contribution in [0.4, 0.5) is 5.69 Å². The molecule has 2 aromatic carbocycles. The van der Waals surface area contributed by atoms with Crippen LogP contribution in [0.15, 0.2) is 48.5 Å². The van der Waals surface area contributed by atoms with E-state index < -0.39 is 0 Å². The van der Waals surface area contributed by atoms with Crippen molar-refractivity contribution >= 4 is 11.6 Å². The molecule has 0 unspecified atom stereocenters. The van der Waals surface area contributed by atoms with Crippen LogP contribution in [-0.2, 0) is 11.3 Å². The Labute approximate surface area is 163 Å². The number of nitrogens with one attached hydrogen (secondary N) is 2. The maximum Gasteiger partial charge on any atom is 0.262 e. The largest absolute Gasteiger partial charge is 0.483 e. The van der Waals surface area contributed by atoms with Crippen molar-refractivity contribution in [3.8, 4) is 5.75 Å². The summed E-state index contributed by atoms with van der Waals surface area (Å²) < 4.78 is 5.75. The van der Waals surface area contributed by atoms with Crippen LogP contribution in [0.5, 0.6) is 5.75 Å². The zero-order valence-corrected chi connectivity index (χ0v) is 16.6. The molecule has 0 atom stereocenters. The van der Waals surface area contributed by atoms with Crippen LogP contribution in [0.2, 0.25) is 0 Å². The van der Waals surface area contributed by atoms with E-state index in [4.69, 9.17) is 4.74 Å². The highest BCUT2D eigenvalue weighted by Crippen LogP contribution is 2.18. The van der Waals surface area contributed by atoms with Crippen molar-refractivity contribution < 1.29 is 9.53 Å². The van der Waals surface area contributed by atoms with E-state index in [0.29, 0.717) is 0 Å². The summed E-state index contributed by atoms with van der Waals surface area (Å²) in [5.41, 5.74) is 3.03. The number of hydrogen-bond donors (Lipinski definition) is 2. The summed E-state index contributed by atoms with van der Waals surface area (Å²) in [5, 5.41) is 6.33. The molecule has 0 bridgehead atoms. The van der Waals surface area contributed by atoms with Gasteiger partial charge < -0.3 is 15.4 Å². The van der Waals surface area contributed by atoms with E-state index in [1.807, 2.05) is 55.5 Å². The van der Waals surface area contributed by atoms with Crippen molar-refractivity contribution in [3.05, 3.63) is 59.7 Å². The number of amides is 1. The Morgan fingerprint density at radius 3 is 2.48 bits per heavy atom. The van der Waals surface area contributed by atoms with Gasteiger partial charge in [0, 0.05) is 17.8 Å². The predicted octanol–water partition coefficient (Wildman–Crippen LogP) is 5.07. The van der Waals surface area contributed by atoms with Crippen molar-refractivity contribution in [3.63, 3.8) is 0 Å². The molecule has 4 heteroatoms. The van der Waals surface area contributed by atoms with E-state index >= 15 is 0 Å². The molecule has 0 fully saturated rings. The van der Waals surface area contributed by atoms with Gasteiger partial charge in [0.25, 0.3) is 5.91 Å². The molecule has 0 saturated heterocycles. The third-order valence-corrected chi connectivity index (χ3v) is 4.44. The van der Waals surface area contributed by atoms with Gasteiger partial charge in [-0.15, -0.1) is 0 Å². The molecule has 0 saturated carbocycles. The maximum atomic E-state index is 12.1. The number of aryl methyl sites for hydroxylation is 1. The molecule has 4 nitrogen and oxygen atoms in total. The highest BCUT2D eigenvalue weighted by Gasteiger charge is 2.07. The van der Waals surface area contributed by atoms with Crippen LogP contribution in [-0.4, -0.2) is 19.1 Å². The lowest BCUT2D eigenvalue weighted by atomic mass is 10.1. The molecule has 2 rings (SSSR count). The van der Waals surface area contributed by atoms with Gasteiger partial charge in [-0.05, 0) is 38.1 Å². The average molecular weight is 369 g/mol. The van der Waals surface area contributed by atoms with Crippen LogP contribution in [0, 0.1) is 6.92 Å². The number of rotatable bonds is 12. The van der Waals surface area contributed by atoms with Crippen molar-refractivity contribution in [1.82, 2.24) is 5.32 Å². The number of benzene rings is 2. The molecule has 0 spiro atoms. The smallest absolute Gasteiger partial charge is 0.262 e. The summed E-state index contributed by atoms with van der Waals surface area (Å²) in [6, 6.07) is 15.6. The van der Waals surface area contributed by atoms with E-state index in [2.05, 4.69) is 17.6 Å². The second kappa shape index (κ2) is 12.1. The van der Waals surface area contributed by atoms with E-state index in [1.165, 1.54) is 32.1 Å². The zero-order chi connectivity index (χ0) is 19.3. The number of anilines is 1. The fraction of sp³-hybridized carbons (Fsp3) is 0.435. The second-order valence-corrected chi connectivity index (χ2v) is 6.90. The van der Waals surface area contributed by atoms with E-state index in [9.17, 15) is 4.79 Å². The Morgan fingerprint density at radius 1 is 0.963 bits per heavy atom. The fourth-order valence-corrected chi connectivity index (χ4v) is 2.84. The van der Waals surface area contributed by atoms with Crippen LogP contribution < -0.4 is 15.4 Å². The quantitative estimate of drug-likeness (QED) is 0.514. The highest BCUT2D eigenvalue weighted by atomic mass is 16.5. The summed E-state index contributed by atoms with van der Waals surface area (Å²) in [5.74, 6) is 0.604. The minimum absolute atomic E-state index is 0.00189. The van der Waals surface area contributed by atoms with Gasteiger partial charge in [-0.1, -0.05) is 68.5 Å². The summed E-state index contributed by atoms with van der Waals surface area (Å²) >= 11 is 0. The molecule has 2 N–H and O–H groups in total. The Kier molecular flexibility index (Phi) is 9.42. The molecule has 0 aliphatic heterocycles. The molecule has 1 amide bonds. The normalized spacial score (nSPS) is 10.6. The molecule has 0 aliphatic carbocycles.